The van der Waals surface area contributed by atoms with Crippen LogP contribution in [-0.2, 0) is 13.0 Å². The van der Waals surface area contributed by atoms with E-state index in [4.69, 9.17) is 4.74 Å². The van der Waals surface area contributed by atoms with E-state index >= 15 is 0 Å². The normalized spacial score (nSPS) is 11.0. The maximum atomic E-state index is 9.97. The largest absolute Gasteiger partial charge is 0.508 e. The smallest absolute Gasteiger partial charge is 0.191 e. The fourth-order valence-electron chi connectivity index (χ4n) is 2.32. The van der Waals surface area contributed by atoms with Gasteiger partial charge in [-0.3, -0.25) is 4.99 Å². The average molecular weight is 476 g/mol. The third-order valence-corrected chi connectivity index (χ3v) is 4.69. The zero-order chi connectivity index (χ0) is 17.5. The van der Waals surface area contributed by atoms with E-state index in [2.05, 4.69) is 20.6 Å². The molecule has 0 atom stereocenters. The van der Waals surface area contributed by atoms with E-state index < -0.39 is 0 Å². The second-order valence-electron chi connectivity index (χ2n) is 5.34. The summed E-state index contributed by atoms with van der Waals surface area (Å²) in [7, 11) is 3.32. The zero-order valence-electron chi connectivity index (χ0n) is 14.9. The predicted octanol–water partition coefficient (Wildman–Crippen LogP) is 3.00. The monoisotopic (exact) mass is 476 g/mol. The summed E-state index contributed by atoms with van der Waals surface area (Å²) in [6, 6.07) is 5.34. The van der Waals surface area contributed by atoms with Gasteiger partial charge < -0.3 is 20.5 Å². The van der Waals surface area contributed by atoms with Crippen molar-refractivity contribution in [1.29, 1.82) is 0 Å². The van der Waals surface area contributed by atoms with Gasteiger partial charge in [0, 0.05) is 24.5 Å². The van der Waals surface area contributed by atoms with E-state index in [1.807, 2.05) is 26.0 Å². The number of thiazole rings is 1. The molecule has 8 heteroatoms. The third kappa shape index (κ3) is 6.35. The molecular formula is C17H25IN4O2S. The van der Waals surface area contributed by atoms with Gasteiger partial charge in [0.05, 0.1) is 24.4 Å². The first-order valence-corrected chi connectivity index (χ1v) is 8.58. The first kappa shape index (κ1) is 21.5. The number of ether oxygens (including phenoxy) is 1. The minimum Gasteiger partial charge on any atom is -0.508 e. The number of hydrogen-bond donors (Lipinski definition) is 3. The lowest BCUT2D eigenvalue weighted by Gasteiger charge is -2.12. The van der Waals surface area contributed by atoms with Crippen molar-refractivity contribution in [3.05, 3.63) is 39.3 Å². The molecule has 0 spiro atoms. The molecule has 1 aromatic heterocycles. The van der Waals surface area contributed by atoms with Crippen molar-refractivity contribution in [3.8, 4) is 11.5 Å². The molecule has 0 saturated heterocycles. The van der Waals surface area contributed by atoms with Crippen molar-refractivity contribution in [2.75, 3.05) is 20.7 Å². The second kappa shape index (κ2) is 10.4. The highest BCUT2D eigenvalue weighted by Crippen LogP contribution is 2.23. The van der Waals surface area contributed by atoms with Gasteiger partial charge >= 0.3 is 0 Å². The van der Waals surface area contributed by atoms with Gasteiger partial charge in [-0.15, -0.1) is 35.3 Å². The quantitative estimate of drug-likeness (QED) is 0.340. The Morgan fingerprint density at radius 1 is 1.32 bits per heavy atom. The van der Waals surface area contributed by atoms with E-state index in [1.54, 1.807) is 31.6 Å². The van der Waals surface area contributed by atoms with E-state index in [0.717, 1.165) is 22.2 Å². The van der Waals surface area contributed by atoms with Gasteiger partial charge in [0.1, 0.15) is 11.5 Å². The molecule has 0 bridgehead atoms. The lowest BCUT2D eigenvalue weighted by molar-refractivity contribution is 0.406. The van der Waals surface area contributed by atoms with Gasteiger partial charge in [0.15, 0.2) is 5.96 Å². The number of aromatic nitrogens is 1. The number of aryl methyl sites for hydroxylation is 2. The van der Waals surface area contributed by atoms with Crippen LogP contribution < -0.4 is 15.4 Å². The Kier molecular flexibility index (Phi) is 8.98. The van der Waals surface area contributed by atoms with E-state index in [1.165, 1.54) is 4.88 Å². The molecule has 25 heavy (non-hydrogen) atoms. The summed E-state index contributed by atoms with van der Waals surface area (Å²) >= 11 is 1.69. The van der Waals surface area contributed by atoms with Crippen LogP contribution in [0.5, 0.6) is 11.5 Å². The maximum absolute atomic E-state index is 9.97. The minimum absolute atomic E-state index is 0. The van der Waals surface area contributed by atoms with Gasteiger partial charge in [-0.25, -0.2) is 4.98 Å². The number of nitrogens with zero attached hydrogens (tertiary/aromatic N) is 2. The molecule has 3 N–H and O–H groups in total. The third-order valence-electron chi connectivity index (χ3n) is 3.62. The van der Waals surface area contributed by atoms with Crippen LogP contribution in [0.4, 0.5) is 0 Å². The first-order chi connectivity index (χ1) is 11.5. The zero-order valence-corrected chi connectivity index (χ0v) is 18.1. The van der Waals surface area contributed by atoms with Crippen molar-refractivity contribution in [2.24, 2.45) is 4.99 Å². The number of rotatable bonds is 6. The molecule has 0 aliphatic carbocycles. The molecule has 0 unspecified atom stereocenters. The van der Waals surface area contributed by atoms with Crippen LogP contribution in [0.25, 0.3) is 0 Å². The summed E-state index contributed by atoms with van der Waals surface area (Å²) in [5.74, 6) is 1.63. The Hall–Kier alpha value is -1.55. The highest BCUT2D eigenvalue weighted by atomic mass is 127. The van der Waals surface area contributed by atoms with Crippen LogP contribution in [0.15, 0.2) is 23.2 Å². The molecule has 0 fully saturated rings. The number of hydrogen-bond acceptors (Lipinski definition) is 5. The average Bonchev–Trinajstić information content (AvgIpc) is 2.89. The molecule has 0 aliphatic heterocycles. The maximum Gasteiger partial charge on any atom is 0.191 e. The van der Waals surface area contributed by atoms with Crippen LogP contribution in [-0.4, -0.2) is 36.8 Å². The number of nitrogens with one attached hydrogen (secondary N) is 2. The second-order valence-corrected chi connectivity index (χ2v) is 6.63. The number of aromatic hydroxyl groups is 1. The molecule has 6 nitrogen and oxygen atoms in total. The van der Waals surface area contributed by atoms with Crippen molar-refractivity contribution in [1.82, 2.24) is 15.6 Å². The van der Waals surface area contributed by atoms with Crippen molar-refractivity contribution >= 4 is 41.3 Å². The molecule has 138 valence electrons. The van der Waals surface area contributed by atoms with Crippen LogP contribution in [0.3, 0.4) is 0 Å². The van der Waals surface area contributed by atoms with Crippen molar-refractivity contribution < 1.29 is 9.84 Å². The lowest BCUT2D eigenvalue weighted by atomic mass is 10.1. The number of phenolic OH excluding ortho intramolecular Hbond substituents is 1. The molecule has 2 aromatic rings. The van der Waals surface area contributed by atoms with Gasteiger partial charge in [-0.1, -0.05) is 6.07 Å². The van der Waals surface area contributed by atoms with E-state index in [9.17, 15) is 5.11 Å². The standard InChI is InChI=1S/C17H24N4O2S.HI/c1-11-16(24-12(2)21-11)10-20-17(18-3)19-8-7-13-5-6-14(23-4)9-15(13)22;/h5-6,9,22H,7-8,10H2,1-4H3,(H2,18,19,20);1H. The molecule has 2 rings (SSSR count). The fraction of sp³-hybridized carbons (Fsp3) is 0.412. The lowest BCUT2D eigenvalue weighted by Crippen LogP contribution is -2.37. The van der Waals surface area contributed by atoms with Crippen molar-refractivity contribution in [3.63, 3.8) is 0 Å². The van der Waals surface area contributed by atoms with Gasteiger partial charge in [-0.05, 0) is 31.9 Å². The van der Waals surface area contributed by atoms with Crippen LogP contribution in [0, 0.1) is 13.8 Å². The summed E-state index contributed by atoms with van der Waals surface area (Å²) in [6.07, 6.45) is 0.690. The highest BCUT2D eigenvalue weighted by molar-refractivity contribution is 14.0. The van der Waals surface area contributed by atoms with Gasteiger partial charge in [0.2, 0.25) is 0 Å². The van der Waals surface area contributed by atoms with Gasteiger partial charge in [-0.2, -0.15) is 0 Å². The van der Waals surface area contributed by atoms with Crippen LogP contribution in [0.1, 0.15) is 21.1 Å². The molecule has 0 radical (unpaired) electrons. The Balaban J connectivity index is 0.00000312. The SMILES string of the molecule is CN=C(NCCc1ccc(OC)cc1O)NCc1sc(C)nc1C.I. The summed E-state index contributed by atoms with van der Waals surface area (Å²) in [5, 5.41) is 17.6. The van der Waals surface area contributed by atoms with E-state index in [0.29, 0.717) is 25.3 Å². The molecular weight excluding hydrogens is 451 g/mol. The van der Waals surface area contributed by atoms with E-state index in [-0.39, 0.29) is 29.7 Å². The topological polar surface area (TPSA) is 78.8 Å². The molecule has 0 amide bonds. The summed E-state index contributed by atoms with van der Waals surface area (Å²) in [6.45, 7) is 5.39. The molecule has 1 aromatic carbocycles. The summed E-state index contributed by atoms with van der Waals surface area (Å²) in [5.41, 5.74) is 1.93. The number of aliphatic imine (C=N–C) groups is 1. The Labute approximate surface area is 169 Å². The Bertz CT molecular complexity index is 719. The molecule has 1 heterocycles. The summed E-state index contributed by atoms with van der Waals surface area (Å²) < 4.78 is 5.09. The highest BCUT2D eigenvalue weighted by Gasteiger charge is 2.07. The van der Waals surface area contributed by atoms with Crippen LogP contribution in [0.2, 0.25) is 0 Å². The molecule has 0 saturated carbocycles. The Morgan fingerprint density at radius 2 is 2.08 bits per heavy atom. The first-order valence-electron chi connectivity index (χ1n) is 7.76. The number of guanidine groups is 1. The fourth-order valence-corrected chi connectivity index (χ4v) is 3.20. The van der Waals surface area contributed by atoms with Crippen LogP contribution >= 0.6 is 35.3 Å². The number of halogens is 1. The minimum atomic E-state index is 0. The van der Waals surface area contributed by atoms with Gasteiger partial charge in [0.25, 0.3) is 0 Å². The molecule has 0 aliphatic rings. The Morgan fingerprint density at radius 3 is 2.64 bits per heavy atom. The summed E-state index contributed by atoms with van der Waals surface area (Å²) in [4.78, 5) is 9.85. The number of methoxy groups -OCH3 is 1. The number of benzene rings is 1. The predicted molar refractivity (Wildman–Crippen MR) is 114 cm³/mol. The van der Waals surface area contributed by atoms with Crippen molar-refractivity contribution in [2.45, 2.75) is 26.8 Å². The number of phenols is 1.